The van der Waals surface area contributed by atoms with E-state index < -0.39 is 5.97 Å². The van der Waals surface area contributed by atoms with Crippen LogP contribution < -0.4 is 10.5 Å². The minimum atomic E-state index is -0.784. The third-order valence-corrected chi connectivity index (χ3v) is 3.21. The number of nitrogens with zero attached hydrogens (tertiary/aromatic N) is 2. The smallest absolute Gasteiger partial charge is 0.308 e. The number of carbonyl (C=O) groups is 1. The summed E-state index contributed by atoms with van der Waals surface area (Å²) in [5.41, 5.74) is 0.542. The molecule has 98 valence electrons. The Hall–Kier alpha value is -1.85. The predicted molar refractivity (Wildman–Crippen MR) is 66.8 cm³/mol. The van der Waals surface area contributed by atoms with Gasteiger partial charge in [0.25, 0.3) is 5.56 Å². The van der Waals surface area contributed by atoms with Crippen LogP contribution in [0.3, 0.4) is 0 Å². The average molecular weight is 251 g/mol. The first-order valence-corrected chi connectivity index (χ1v) is 6.18. The molecule has 2 N–H and O–H groups in total. The van der Waals surface area contributed by atoms with Crippen molar-refractivity contribution in [1.82, 2.24) is 9.97 Å². The van der Waals surface area contributed by atoms with Crippen molar-refractivity contribution in [1.29, 1.82) is 0 Å². The Morgan fingerprint density at radius 2 is 2.44 bits per heavy atom. The van der Waals surface area contributed by atoms with Crippen LogP contribution in [0.25, 0.3) is 0 Å². The third-order valence-electron chi connectivity index (χ3n) is 3.21. The van der Waals surface area contributed by atoms with E-state index in [4.69, 9.17) is 5.11 Å². The molecular weight excluding hydrogens is 234 g/mol. The zero-order valence-corrected chi connectivity index (χ0v) is 10.3. The van der Waals surface area contributed by atoms with Gasteiger partial charge >= 0.3 is 5.97 Å². The van der Waals surface area contributed by atoms with E-state index in [1.54, 1.807) is 0 Å². The number of hydrogen-bond acceptors (Lipinski definition) is 4. The Labute approximate surface area is 105 Å². The maximum Gasteiger partial charge on any atom is 0.308 e. The lowest BCUT2D eigenvalue weighted by molar-refractivity contribution is -0.141. The molecule has 1 atom stereocenters. The zero-order chi connectivity index (χ0) is 13.1. The van der Waals surface area contributed by atoms with Crippen LogP contribution in [-0.4, -0.2) is 34.1 Å². The minimum Gasteiger partial charge on any atom is -0.481 e. The molecule has 6 heteroatoms. The molecule has 2 rings (SSSR count). The third kappa shape index (κ3) is 2.69. The fourth-order valence-electron chi connectivity index (χ4n) is 2.20. The Bertz CT molecular complexity index is 498. The minimum absolute atomic E-state index is 0.186. The standard InChI is InChI=1S/C12H17N3O3/c1-2-9-6-10(16)14-12(13-9)15-5-3-4-8(7-15)11(17)18/h6,8H,2-5,7H2,1H3,(H,17,18)(H,13,14,16). The molecule has 0 radical (unpaired) electrons. The Morgan fingerprint density at radius 1 is 1.67 bits per heavy atom. The molecule has 1 saturated heterocycles. The number of piperidine rings is 1. The number of anilines is 1. The van der Waals surface area contributed by atoms with E-state index in [0.717, 1.165) is 18.7 Å². The number of rotatable bonds is 3. The van der Waals surface area contributed by atoms with Crippen molar-refractivity contribution in [3.8, 4) is 0 Å². The number of aryl methyl sites for hydroxylation is 1. The number of hydrogen-bond donors (Lipinski definition) is 2. The molecule has 2 heterocycles. The van der Waals surface area contributed by atoms with Crippen LogP contribution in [-0.2, 0) is 11.2 Å². The number of aromatic nitrogens is 2. The lowest BCUT2D eigenvalue weighted by Crippen LogP contribution is -2.40. The second-order valence-electron chi connectivity index (χ2n) is 4.54. The summed E-state index contributed by atoms with van der Waals surface area (Å²) in [5, 5.41) is 9.04. The second kappa shape index (κ2) is 5.20. The molecule has 0 amide bonds. The summed E-state index contributed by atoms with van der Waals surface area (Å²) in [6.45, 7) is 3.08. The highest BCUT2D eigenvalue weighted by Gasteiger charge is 2.26. The van der Waals surface area contributed by atoms with Crippen LogP contribution in [0.2, 0.25) is 0 Å². The van der Waals surface area contributed by atoms with E-state index in [0.29, 0.717) is 25.3 Å². The topological polar surface area (TPSA) is 86.3 Å². The maximum atomic E-state index is 11.5. The highest BCUT2D eigenvalue weighted by Crippen LogP contribution is 2.19. The summed E-state index contributed by atoms with van der Waals surface area (Å²) < 4.78 is 0. The van der Waals surface area contributed by atoms with Crippen molar-refractivity contribution in [2.24, 2.45) is 5.92 Å². The van der Waals surface area contributed by atoms with Gasteiger partial charge in [-0.25, -0.2) is 4.98 Å². The van der Waals surface area contributed by atoms with Gasteiger partial charge in [-0.15, -0.1) is 0 Å². The van der Waals surface area contributed by atoms with Gasteiger partial charge in [0.15, 0.2) is 0 Å². The largest absolute Gasteiger partial charge is 0.481 e. The van der Waals surface area contributed by atoms with E-state index in [1.165, 1.54) is 6.07 Å². The van der Waals surface area contributed by atoms with Gasteiger partial charge in [-0.1, -0.05) is 6.92 Å². The molecule has 0 bridgehead atoms. The predicted octanol–water partition coefficient (Wildman–Crippen LogP) is 0.633. The number of carboxylic acids is 1. The van der Waals surface area contributed by atoms with Crippen LogP contribution in [0.15, 0.2) is 10.9 Å². The average Bonchev–Trinajstić information content (AvgIpc) is 2.38. The zero-order valence-electron chi connectivity index (χ0n) is 10.3. The highest BCUT2D eigenvalue weighted by atomic mass is 16.4. The first-order valence-electron chi connectivity index (χ1n) is 6.18. The number of nitrogens with one attached hydrogen (secondary N) is 1. The van der Waals surface area contributed by atoms with Crippen molar-refractivity contribution in [2.45, 2.75) is 26.2 Å². The van der Waals surface area contributed by atoms with Crippen molar-refractivity contribution in [3.05, 3.63) is 22.1 Å². The number of carboxylic acid groups (broad SMARTS) is 1. The van der Waals surface area contributed by atoms with E-state index in [2.05, 4.69) is 9.97 Å². The summed E-state index contributed by atoms with van der Waals surface area (Å²) in [6, 6.07) is 1.47. The molecule has 1 fully saturated rings. The van der Waals surface area contributed by atoms with Crippen molar-refractivity contribution in [3.63, 3.8) is 0 Å². The summed E-state index contributed by atoms with van der Waals surface area (Å²) in [6.07, 6.45) is 2.17. The Balaban J connectivity index is 2.22. The van der Waals surface area contributed by atoms with Gasteiger partial charge in [0.1, 0.15) is 0 Å². The van der Waals surface area contributed by atoms with Crippen molar-refractivity contribution >= 4 is 11.9 Å². The molecule has 6 nitrogen and oxygen atoms in total. The van der Waals surface area contributed by atoms with E-state index in [-0.39, 0.29) is 11.5 Å². The highest BCUT2D eigenvalue weighted by molar-refractivity contribution is 5.71. The van der Waals surface area contributed by atoms with Crippen molar-refractivity contribution < 1.29 is 9.90 Å². The SMILES string of the molecule is CCc1cc(=O)[nH]c(N2CCCC(C(=O)O)C2)n1. The summed E-state index contributed by atoms with van der Waals surface area (Å²) >= 11 is 0. The second-order valence-corrected chi connectivity index (χ2v) is 4.54. The van der Waals surface area contributed by atoms with Gasteiger partial charge in [0.2, 0.25) is 5.95 Å². The first-order chi connectivity index (χ1) is 8.60. The number of H-pyrrole nitrogens is 1. The van der Waals surface area contributed by atoms with Crippen molar-refractivity contribution in [2.75, 3.05) is 18.0 Å². The van der Waals surface area contributed by atoms with Gasteiger partial charge in [0, 0.05) is 24.8 Å². The molecule has 1 aliphatic heterocycles. The van der Waals surface area contributed by atoms with E-state index >= 15 is 0 Å². The van der Waals surface area contributed by atoms with Gasteiger partial charge < -0.3 is 10.0 Å². The fourth-order valence-corrected chi connectivity index (χ4v) is 2.20. The normalized spacial score (nSPS) is 19.8. The summed E-state index contributed by atoms with van der Waals surface area (Å²) in [7, 11) is 0. The molecule has 0 aromatic carbocycles. The van der Waals surface area contributed by atoms with Gasteiger partial charge in [-0.05, 0) is 19.3 Å². The van der Waals surface area contributed by atoms with Crippen LogP contribution in [0.5, 0.6) is 0 Å². The van der Waals surface area contributed by atoms with E-state index in [9.17, 15) is 9.59 Å². The molecule has 1 unspecified atom stereocenters. The van der Waals surface area contributed by atoms with E-state index in [1.807, 2.05) is 11.8 Å². The lowest BCUT2D eigenvalue weighted by atomic mass is 9.99. The monoisotopic (exact) mass is 251 g/mol. The maximum absolute atomic E-state index is 11.5. The molecule has 1 aromatic heterocycles. The Morgan fingerprint density at radius 3 is 3.11 bits per heavy atom. The summed E-state index contributed by atoms with van der Waals surface area (Å²) in [4.78, 5) is 31.4. The van der Waals surface area contributed by atoms with Crippen LogP contribution in [0.4, 0.5) is 5.95 Å². The molecule has 0 spiro atoms. The molecular formula is C12H17N3O3. The van der Waals surface area contributed by atoms with Crippen LogP contribution in [0, 0.1) is 5.92 Å². The molecule has 18 heavy (non-hydrogen) atoms. The quantitative estimate of drug-likeness (QED) is 0.823. The molecule has 0 saturated carbocycles. The Kier molecular flexibility index (Phi) is 3.64. The number of aliphatic carboxylic acids is 1. The van der Waals surface area contributed by atoms with Gasteiger partial charge in [-0.2, -0.15) is 0 Å². The van der Waals surface area contributed by atoms with Gasteiger partial charge in [0.05, 0.1) is 5.92 Å². The van der Waals surface area contributed by atoms with Crippen LogP contribution in [0.1, 0.15) is 25.5 Å². The first kappa shape index (κ1) is 12.6. The lowest BCUT2D eigenvalue weighted by Gasteiger charge is -2.31. The fraction of sp³-hybridized carbons (Fsp3) is 0.583. The molecule has 0 aliphatic carbocycles. The number of aromatic amines is 1. The molecule has 1 aliphatic rings. The van der Waals surface area contributed by atoms with Gasteiger partial charge in [-0.3, -0.25) is 14.6 Å². The summed E-state index contributed by atoms with van der Waals surface area (Å²) in [5.74, 6) is -0.673. The molecule has 1 aromatic rings. The van der Waals surface area contributed by atoms with Crippen LogP contribution >= 0.6 is 0 Å².